The van der Waals surface area contributed by atoms with Crippen LogP contribution in [0.4, 0.5) is 0 Å². The fraction of sp³-hybridized carbons (Fsp3) is 0.462. The second-order valence-electron chi connectivity index (χ2n) is 4.15. The van der Waals surface area contributed by atoms with Gasteiger partial charge in [0.05, 0.1) is 6.54 Å². The molecule has 0 spiro atoms. The highest BCUT2D eigenvalue weighted by Gasteiger charge is 2.06. The molecule has 0 aliphatic rings. The minimum absolute atomic E-state index is 0.0602. The Morgan fingerprint density at radius 3 is 2.76 bits per heavy atom. The van der Waals surface area contributed by atoms with Gasteiger partial charge in [0, 0.05) is 19.6 Å². The van der Waals surface area contributed by atoms with Crippen LogP contribution in [0.15, 0.2) is 24.3 Å². The van der Waals surface area contributed by atoms with E-state index in [1.807, 2.05) is 37.1 Å². The van der Waals surface area contributed by atoms with Crippen molar-refractivity contribution < 1.29 is 4.79 Å². The summed E-state index contributed by atoms with van der Waals surface area (Å²) >= 11 is 0. The first-order valence-corrected chi connectivity index (χ1v) is 5.88. The molecule has 1 amide bonds. The maximum absolute atomic E-state index is 11.4. The number of carbonyl (C=O) groups is 1. The molecule has 1 rings (SSSR count). The van der Waals surface area contributed by atoms with Crippen molar-refractivity contribution in [2.45, 2.75) is 20.0 Å². The standard InChI is InChI=1S/C13H21N3O/c1-3-15-13(17)10-16(2)9-12-6-4-5-11(7-12)8-14/h4-7H,3,8-10,14H2,1-2H3,(H,15,17). The Morgan fingerprint density at radius 2 is 2.12 bits per heavy atom. The number of nitrogens with one attached hydrogen (secondary N) is 1. The average Bonchev–Trinajstić information content (AvgIpc) is 2.29. The van der Waals surface area contributed by atoms with Crippen molar-refractivity contribution in [3.05, 3.63) is 35.4 Å². The molecule has 0 aliphatic heterocycles. The molecule has 0 aromatic heterocycles. The van der Waals surface area contributed by atoms with Crippen LogP contribution in [0.25, 0.3) is 0 Å². The van der Waals surface area contributed by atoms with Crippen LogP contribution in [0, 0.1) is 0 Å². The van der Waals surface area contributed by atoms with Crippen LogP contribution in [0.1, 0.15) is 18.1 Å². The molecule has 0 bridgehead atoms. The van der Waals surface area contributed by atoms with Gasteiger partial charge in [-0.15, -0.1) is 0 Å². The highest BCUT2D eigenvalue weighted by molar-refractivity contribution is 5.77. The van der Waals surface area contributed by atoms with Crippen LogP contribution < -0.4 is 11.1 Å². The molecule has 0 aliphatic carbocycles. The van der Waals surface area contributed by atoms with E-state index in [9.17, 15) is 4.79 Å². The van der Waals surface area contributed by atoms with Gasteiger partial charge in [-0.25, -0.2) is 0 Å². The van der Waals surface area contributed by atoms with Gasteiger partial charge in [0.25, 0.3) is 0 Å². The van der Waals surface area contributed by atoms with Crippen LogP contribution in [-0.4, -0.2) is 30.9 Å². The molecule has 0 fully saturated rings. The van der Waals surface area contributed by atoms with Gasteiger partial charge in [0.15, 0.2) is 0 Å². The highest BCUT2D eigenvalue weighted by Crippen LogP contribution is 2.06. The molecule has 1 aromatic carbocycles. The second-order valence-corrected chi connectivity index (χ2v) is 4.15. The van der Waals surface area contributed by atoms with E-state index < -0.39 is 0 Å². The largest absolute Gasteiger partial charge is 0.355 e. The van der Waals surface area contributed by atoms with Crippen LogP contribution >= 0.6 is 0 Å². The third-order valence-corrected chi connectivity index (χ3v) is 2.47. The first-order valence-electron chi connectivity index (χ1n) is 5.88. The van der Waals surface area contributed by atoms with E-state index in [0.717, 1.165) is 12.1 Å². The number of nitrogens with two attached hydrogens (primary N) is 1. The second kappa shape index (κ2) is 7.04. The predicted molar refractivity (Wildman–Crippen MR) is 69.4 cm³/mol. The third-order valence-electron chi connectivity index (χ3n) is 2.47. The quantitative estimate of drug-likeness (QED) is 0.763. The van der Waals surface area contributed by atoms with Crippen molar-refractivity contribution in [3.63, 3.8) is 0 Å². The summed E-state index contributed by atoms with van der Waals surface area (Å²) in [5.74, 6) is 0.0602. The Morgan fingerprint density at radius 1 is 1.41 bits per heavy atom. The zero-order chi connectivity index (χ0) is 12.7. The summed E-state index contributed by atoms with van der Waals surface area (Å²) in [5.41, 5.74) is 7.89. The number of hydrogen-bond donors (Lipinski definition) is 2. The normalized spacial score (nSPS) is 10.6. The molecule has 0 atom stereocenters. The Bertz CT molecular complexity index is 365. The van der Waals surface area contributed by atoms with Crippen molar-refractivity contribution in [2.24, 2.45) is 5.73 Å². The number of nitrogens with zero attached hydrogens (tertiary/aromatic N) is 1. The first kappa shape index (κ1) is 13.7. The number of hydrogen-bond acceptors (Lipinski definition) is 3. The molecular formula is C13H21N3O. The zero-order valence-electron chi connectivity index (χ0n) is 10.6. The Labute approximate surface area is 103 Å². The highest BCUT2D eigenvalue weighted by atomic mass is 16.1. The molecule has 4 nitrogen and oxygen atoms in total. The van der Waals surface area contributed by atoms with E-state index in [-0.39, 0.29) is 5.91 Å². The van der Waals surface area contributed by atoms with Gasteiger partial charge in [0.1, 0.15) is 0 Å². The van der Waals surface area contributed by atoms with Gasteiger partial charge < -0.3 is 11.1 Å². The van der Waals surface area contributed by atoms with E-state index in [4.69, 9.17) is 5.73 Å². The molecule has 0 saturated carbocycles. The van der Waals surface area contributed by atoms with Crippen LogP contribution in [0.3, 0.4) is 0 Å². The van der Waals surface area contributed by atoms with Crippen LogP contribution in [0.5, 0.6) is 0 Å². The molecule has 0 saturated heterocycles. The summed E-state index contributed by atoms with van der Waals surface area (Å²) in [6.45, 7) is 4.32. The van der Waals surface area contributed by atoms with Crippen LogP contribution in [0.2, 0.25) is 0 Å². The summed E-state index contributed by atoms with van der Waals surface area (Å²) in [6.07, 6.45) is 0. The maximum atomic E-state index is 11.4. The SMILES string of the molecule is CCNC(=O)CN(C)Cc1cccc(CN)c1. The maximum Gasteiger partial charge on any atom is 0.234 e. The Kier molecular flexibility index (Phi) is 5.66. The predicted octanol–water partition coefficient (Wildman–Crippen LogP) is 0.713. The summed E-state index contributed by atoms with van der Waals surface area (Å²) in [6, 6.07) is 8.13. The molecule has 0 unspecified atom stereocenters. The van der Waals surface area contributed by atoms with E-state index in [2.05, 4.69) is 11.4 Å². The van der Waals surface area contributed by atoms with Gasteiger partial charge in [-0.05, 0) is 25.1 Å². The number of benzene rings is 1. The van der Waals surface area contributed by atoms with E-state index >= 15 is 0 Å². The number of carbonyl (C=O) groups excluding carboxylic acids is 1. The third kappa shape index (κ3) is 4.97. The lowest BCUT2D eigenvalue weighted by Gasteiger charge is -2.16. The molecule has 1 aromatic rings. The molecule has 4 heteroatoms. The molecule has 0 radical (unpaired) electrons. The Hall–Kier alpha value is -1.39. The topological polar surface area (TPSA) is 58.4 Å². The minimum Gasteiger partial charge on any atom is -0.355 e. The monoisotopic (exact) mass is 235 g/mol. The van der Waals surface area contributed by atoms with Crippen molar-refractivity contribution in [1.82, 2.24) is 10.2 Å². The fourth-order valence-electron chi connectivity index (χ4n) is 1.72. The van der Waals surface area contributed by atoms with Crippen molar-refractivity contribution in [1.29, 1.82) is 0 Å². The van der Waals surface area contributed by atoms with E-state index in [1.54, 1.807) is 0 Å². The fourth-order valence-corrected chi connectivity index (χ4v) is 1.72. The Balaban J connectivity index is 2.49. The van der Waals surface area contributed by atoms with E-state index in [0.29, 0.717) is 19.6 Å². The molecule has 17 heavy (non-hydrogen) atoms. The van der Waals surface area contributed by atoms with E-state index in [1.165, 1.54) is 5.56 Å². The lowest BCUT2D eigenvalue weighted by atomic mass is 10.1. The number of amides is 1. The van der Waals surface area contributed by atoms with Gasteiger partial charge in [0.2, 0.25) is 5.91 Å². The number of rotatable bonds is 6. The molecule has 3 N–H and O–H groups in total. The van der Waals surface area contributed by atoms with Crippen molar-refractivity contribution >= 4 is 5.91 Å². The molecule has 94 valence electrons. The smallest absolute Gasteiger partial charge is 0.234 e. The summed E-state index contributed by atoms with van der Waals surface area (Å²) in [7, 11) is 1.93. The lowest BCUT2D eigenvalue weighted by Crippen LogP contribution is -2.34. The molecule has 0 heterocycles. The van der Waals surface area contributed by atoms with Crippen LogP contribution in [-0.2, 0) is 17.9 Å². The lowest BCUT2D eigenvalue weighted by molar-refractivity contribution is -0.121. The number of likely N-dealkylation sites (N-methyl/N-ethyl adjacent to an activating group) is 2. The van der Waals surface area contributed by atoms with Crippen molar-refractivity contribution in [3.8, 4) is 0 Å². The molecular weight excluding hydrogens is 214 g/mol. The summed E-state index contributed by atoms with van der Waals surface area (Å²) < 4.78 is 0. The summed E-state index contributed by atoms with van der Waals surface area (Å²) in [5, 5.41) is 2.78. The van der Waals surface area contributed by atoms with Gasteiger partial charge in [-0.3, -0.25) is 9.69 Å². The minimum atomic E-state index is 0.0602. The first-order chi connectivity index (χ1) is 8.15. The van der Waals surface area contributed by atoms with Gasteiger partial charge in [-0.1, -0.05) is 24.3 Å². The summed E-state index contributed by atoms with van der Waals surface area (Å²) in [4.78, 5) is 13.4. The van der Waals surface area contributed by atoms with Crippen molar-refractivity contribution in [2.75, 3.05) is 20.1 Å². The average molecular weight is 235 g/mol. The zero-order valence-corrected chi connectivity index (χ0v) is 10.6. The van der Waals surface area contributed by atoms with Gasteiger partial charge >= 0.3 is 0 Å². The van der Waals surface area contributed by atoms with Gasteiger partial charge in [-0.2, -0.15) is 0 Å².